The molecular weight excluding hydrogens is 482 g/mol. The average Bonchev–Trinajstić information content (AvgIpc) is 3.28. The molecule has 0 bridgehead atoms. The number of methoxy groups -OCH3 is 2. The Morgan fingerprint density at radius 3 is 2.48 bits per heavy atom. The summed E-state index contributed by atoms with van der Waals surface area (Å²) in [7, 11) is 2.53. The van der Waals surface area contributed by atoms with E-state index >= 15 is 0 Å². The van der Waals surface area contributed by atoms with Crippen LogP contribution in [0, 0.1) is 11.3 Å². The highest BCUT2D eigenvalue weighted by Gasteiger charge is 2.16. The first-order valence-electron chi connectivity index (χ1n) is 8.86. The summed E-state index contributed by atoms with van der Waals surface area (Å²) in [6.45, 7) is 0. The number of nitrogens with zero attached hydrogens (tertiary/aromatic N) is 2. The number of hydrogen-bond donors (Lipinski definition) is 1. The van der Waals surface area contributed by atoms with Gasteiger partial charge in [-0.2, -0.15) is 5.26 Å². The second-order valence-electron chi connectivity index (χ2n) is 6.10. The number of ether oxygens (including phenoxy) is 2. The summed E-state index contributed by atoms with van der Waals surface area (Å²) in [5, 5.41) is 14.9. The summed E-state index contributed by atoms with van der Waals surface area (Å²) in [5.74, 6) is -1.14. The van der Waals surface area contributed by atoms with Crippen LogP contribution in [0.4, 0.5) is 5.69 Å². The minimum Gasteiger partial charge on any atom is -0.465 e. The van der Waals surface area contributed by atoms with Crippen molar-refractivity contribution in [3.8, 4) is 17.3 Å². The molecule has 0 aliphatic heterocycles. The molecule has 0 saturated heterocycles. The van der Waals surface area contributed by atoms with Crippen LogP contribution in [-0.4, -0.2) is 31.1 Å². The number of benzene rings is 2. The van der Waals surface area contributed by atoms with Crippen LogP contribution in [-0.2, 0) is 9.47 Å². The van der Waals surface area contributed by atoms with Gasteiger partial charge in [-0.05, 0) is 30.3 Å². The van der Waals surface area contributed by atoms with Crippen molar-refractivity contribution < 1.29 is 19.1 Å². The minimum atomic E-state index is -0.586. The van der Waals surface area contributed by atoms with Crippen molar-refractivity contribution >= 4 is 50.5 Å². The van der Waals surface area contributed by atoms with Crippen LogP contribution >= 0.6 is 27.3 Å². The Morgan fingerprint density at radius 1 is 1.13 bits per heavy atom. The summed E-state index contributed by atoms with van der Waals surface area (Å²) in [5.41, 5.74) is 2.70. The number of nitriles is 1. The molecule has 7 nitrogen and oxygen atoms in total. The zero-order valence-corrected chi connectivity index (χ0v) is 18.9. The van der Waals surface area contributed by atoms with Crippen molar-refractivity contribution in [2.24, 2.45) is 0 Å². The number of rotatable bonds is 6. The van der Waals surface area contributed by atoms with Crippen molar-refractivity contribution in [2.45, 2.75) is 0 Å². The Bertz CT molecular complexity index is 1200. The normalized spacial score (nSPS) is 10.8. The van der Waals surface area contributed by atoms with Gasteiger partial charge in [0.2, 0.25) is 0 Å². The highest BCUT2D eigenvalue weighted by molar-refractivity contribution is 9.10. The lowest BCUT2D eigenvalue weighted by atomic mass is 10.1. The van der Waals surface area contributed by atoms with Gasteiger partial charge >= 0.3 is 11.9 Å². The first kappa shape index (κ1) is 22.2. The molecule has 31 heavy (non-hydrogen) atoms. The lowest BCUT2D eigenvalue weighted by Gasteiger charge is -2.10. The van der Waals surface area contributed by atoms with Gasteiger partial charge in [-0.25, -0.2) is 14.6 Å². The Morgan fingerprint density at radius 2 is 1.84 bits per heavy atom. The third-order valence-electron chi connectivity index (χ3n) is 4.21. The van der Waals surface area contributed by atoms with E-state index in [1.165, 1.54) is 50.0 Å². The second kappa shape index (κ2) is 10.0. The maximum atomic E-state index is 12.1. The Kier molecular flexibility index (Phi) is 7.18. The van der Waals surface area contributed by atoms with Crippen LogP contribution in [0.3, 0.4) is 0 Å². The number of nitrogens with one attached hydrogen (secondary N) is 1. The third kappa shape index (κ3) is 5.17. The number of aromatic nitrogens is 1. The van der Waals surface area contributed by atoms with E-state index in [0.29, 0.717) is 10.7 Å². The molecule has 2 aromatic carbocycles. The quantitative estimate of drug-likeness (QED) is 0.372. The maximum Gasteiger partial charge on any atom is 0.339 e. The van der Waals surface area contributed by atoms with Crippen LogP contribution in [0.1, 0.15) is 25.7 Å². The zero-order chi connectivity index (χ0) is 22.4. The molecule has 3 rings (SSSR count). The molecule has 0 radical (unpaired) electrons. The van der Waals surface area contributed by atoms with E-state index in [4.69, 9.17) is 9.47 Å². The zero-order valence-electron chi connectivity index (χ0n) is 16.5. The van der Waals surface area contributed by atoms with Crippen molar-refractivity contribution in [1.29, 1.82) is 5.26 Å². The van der Waals surface area contributed by atoms with Crippen LogP contribution in [0.15, 0.2) is 58.5 Å². The van der Waals surface area contributed by atoms with Gasteiger partial charge in [-0.15, -0.1) is 11.3 Å². The largest absolute Gasteiger partial charge is 0.465 e. The molecule has 1 aromatic heterocycles. The maximum absolute atomic E-state index is 12.1. The average molecular weight is 498 g/mol. The molecule has 156 valence electrons. The Labute approximate surface area is 191 Å². The molecule has 0 aliphatic rings. The van der Waals surface area contributed by atoms with E-state index < -0.39 is 11.9 Å². The van der Waals surface area contributed by atoms with E-state index in [1.807, 2.05) is 29.6 Å². The molecule has 0 aliphatic carbocycles. The van der Waals surface area contributed by atoms with Gasteiger partial charge in [0, 0.05) is 21.6 Å². The predicted molar refractivity (Wildman–Crippen MR) is 122 cm³/mol. The van der Waals surface area contributed by atoms with Crippen molar-refractivity contribution in [1.82, 2.24) is 4.98 Å². The number of esters is 2. The molecule has 0 unspecified atom stereocenters. The van der Waals surface area contributed by atoms with Gasteiger partial charge in [-0.1, -0.05) is 28.1 Å². The van der Waals surface area contributed by atoms with Gasteiger partial charge < -0.3 is 14.8 Å². The fourth-order valence-electron chi connectivity index (χ4n) is 2.64. The molecule has 0 amide bonds. The molecule has 3 aromatic rings. The second-order valence-corrected chi connectivity index (χ2v) is 7.88. The minimum absolute atomic E-state index is 0.207. The topological polar surface area (TPSA) is 101 Å². The van der Waals surface area contributed by atoms with Gasteiger partial charge in [0.05, 0.1) is 36.7 Å². The summed E-state index contributed by atoms with van der Waals surface area (Å²) < 4.78 is 10.5. The van der Waals surface area contributed by atoms with Gasteiger partial charge in [0.15, 0.2) is 0 Å². The number of allylic oxidation sites excluding steroid dienone is 1. The van der Waals surface area contributed by atoms with Crippen LogP contribution < -0.4 is 5.32 Å². The number of carbonyl (C=O) groups is 2. The van der Waals surface area contributed by atoms with Gasteiger partial charge in [0.1, 0.15) is 16.6 Å². The molecule has 0 fully saturated rings. The van der Waals surface area contributed by atoms with Crippen molar-refractivity contribution in [2.75, 3.05) is 19.5 Å². The van der Waals surface area contributed by atoms with Gasteiger partial charge in [0.25, 0.3) is 0 Å². The van der Waals surface area contributed by atoms with Crippen LogP contribution in [0.25, 0.3) is 16.8 Å². The van der Waals surface area contributed by atoms with E-state index in [0.717, 1.165) is 15.7 Å². The SMILES string of the molecule is COC(=O)c1ccc(C(=O)OC)c(N/C=C(\C#N)c2nc(-c3ccc(Br)cc3)cs2)c1. The third-order valence-corrected chi connectivity index (χ3v) is 5.62. The first-order chi connectivity index (χ1) is 15.0. The standard InChI is InChI=1S/C22H16BrN3O4S/c1-29-21(27)14-5-8-17(22(28)30-2)18(9-14)25-11-15(10-24)20-26-19(12-31-20)13-3-6-16(23)7-4-13/h3-9,11-12,25H,1-2H3/b15-11+. The number of hydrogen-bond acceptors (Lipinski definition) is 8. The van der Waals surface area contributed by atoms with Crippen molar-refractivity contribution in [3.05, 3.63) is 74.7 Å². The lowest BCUT2D eigenvalue weighted by molar-refractivity contribution is 0.0587. The molecule has 0 atom stereocenters. The fraction of sp³-hybridized carbons (Fsp3) is 0.0909. The fourth-order valence-corrected chi connectivity index (χ4v) is 3.70. The summed E-state index contributed by atoms with van der Waals surface area (Å²) in [6, 6.07) is 14.2. The Hall–Kier alpha value is -3.48. The number of thiazole rings is 1. The van der Waals surface area contributed by atoms with E-state index in [2.05, 4.69) is 32.3 Å². The van der Waals surface area contributed by atoms with E-state index in [-0.39, 0.29) is 16.7 Å². The monoisotopic (exact) mass is 497 g/mol. The molecule has 0 saturated carbocycles. The smallest absolute Gasteiger partial charge is 0.339 e. The van der Waals surface area contributed by atoms with E-state index in [1.54, 1.807) is 0 Å². The highest BCUT2D eigenvalue weighted by atomic mass is 79.9. The highest BCUT2D eigenvalue weighted by Crippen LogP contribution is 2.27. The summed E-state index contributed by atoms with van der Waals surface area (Å²) in [4.78, 5) is 28.5. The first-order valence-corrected chi connectivity index (χ1v) is 10.5. The number of carbonyl (C=O) groups excluding carboxylic acids is 2. The van der Waals surface area contributed by atoms with Crippen LogP contribution in [0.2, 0.25) is 0 Å². The Balaban J connectivity index is 1.92. The molecule has 9 heteroatoms. The lowest BCUT2D eigenvalue weighted by Crippen LogP contribution is -2.08. The molecule has 1 N–H and O–H groups in total. The molecular formula is C22H16BrN3O4S. The number of halogens is 1. The summed E-state index contributed by atoms with van der Waals surface area (Å²) >= 11 is 4.72. The van der Waals surface area contributed by atoms with E-state index in [9.17, 15) is 14.9 Å². The van der Waals surface area contributed by atoms with Crippen LogP contribution in [0.5, 0.6) is 0 Å². The molecule has 1 heterocycles. The summed E-state index contributed by atoms with van der Waals surface area (Å²) in [6.07, 6.45) is 1.44. The van der Waals surface area contributed by atoms with Gasteiger partial charge in [-0.3, -0.25) is 0 Å². The number of anilines is 1. The predicted octanol–water partition coefficient (Wildman–Crippen LogP) is 5.12. The molecule has 0 spiro atoms. The van der Waals surface area contributed by atoms with Crippen molar-refractivity contribution in [3.63, 3.8) is 0 Å².